The Labute approximate surface area is 314 Å². The number of ether oxygens (including phenoxy) is 1. The van der Waals surface area contributed by atoms with Gasteiger partial charge in [-0.1, -0.05) is 109 Å². The summed E-state index contributed by atoms with van der Waals surface area (Å²) < 4.78 is 5.58. The highest BCUT2D eigenvalue weighted by atomic mass is 16.6. The monoisotopic (exact) mass is 714 g/mol. The van der Waals surface area contributed by atoms with Gasteiger partial charge in [0.05, 0.1) is 22.3 Å². The van der Waals surface area contributed by atoms with Gasteiger partial charge >= 0.3 is 23.9 Å². The highest BCUT2D eigenvalue weighted by Crippen LogP contribution is 2.34. The van der Waals surface area contributed by atoms with E-state index < -0.39 is 46.1 Å². The summed E-state index contributed by atoms with van der Waals surface area (Å²) >= 11 is 0. The zero-order valence-electron chi connectivity index (χ0n) is 28.8. The molecule has 0 saturated heterocycles. The first-order valence-electron chi connectivity index (χ1n) is 17.1. The van der Waals surface area contributed by atoms with Crippen LogP contribution in [0.4, 0.5) is 0 Å². The van der Waals surface area contributed by atoms with Crippen LogP contribution in [0.2, 0.25) is 0 Å². The summed E-state index contributed by atoms with van der Waals surface area (Å²) in [4.78, 5) is 54.9. The van der Waals surface area contributed by atoms with Crippen LogP contribution in [0.25, 0.3) is 43.1 Å². The number of benzene rings is 8. The van der Waals surface area contributed by atoms with Gasteiger partial charge in [0.1, 0.15) is 0 Å². The lowest BCUT2D eigenvalue weighted by atomic mass is 9.91. The zero-order valence-corrected chi connectivity index (χ0v) is 28.8. The maximum absolute atomic E-state index is 14.4. The Balaban J connectivity index is 1.34. The number of carboxylic acid groups (broad SMARTS) is 2. The fourth-order valence-electron chi connectivity index (χ4n) is 6.76. The lowest BCUT2D eigenvalue weighted by molar-refractivity contribution is 0.0389. The third-order valence-electron chi connectivity index (χ3n) is 9.26. The SMILES string of the molecule is O=C(O)c1c(C#Cc2ccccc2)cc2cc3ccccc3cc2c1C(=O)OC(=O)c1c(C(=O)O)c(C#Cc2ccccc2)cc2cc3ccccc3cc12. The molecule has 0 heterocycles. The Morgan fingerprint density at radius 1 is 0.382 bits per heavy atom. The van der Waals surface area contributed by atoms with Crippen molar-refractivity contribution in [3.05, 3.63) is 190 Å². The molecule has 0 radical (unpaired) electrons. The summed E-state index contributed by atoms with van der Waals surface area (Å²) in [7, 11) is 0. The van der Waals surface area contributed by atoms with Gasteiger partial charge in [-0.15, -0.1) is 0 Å². The second kappa shape index (κ2) is 14.2. The molecule has 7 heteroatoms. The van der Waals surface area contributed by atoms with Crippen molar-refractivity contribution in [2.75, 3.05) is 0 Å². The van der Waals surface area contributed by atoms with Crippen molar-refractivity contribution in [1.29, 1.82) is 0 Å². The molecule has 0 fully saturated rings. The molecule has 260 valence electrons. The molecule has 0 aromatic heterocycles. The summed E-state index contributed by atoms with van der Waals surface area (Å²) in [5, 5.41) is 25.7. The van der Waals surface area contributed by atoms with Crippen molar-refractivity contribution >= 4 is 67.0 Å². The van der Waals surface area contributed by atoms with Gasteiger partial charge in [0.2, 0.25) is 0 Å². The number of carbonyl (C=O) groups is 4. The molecule has 2 N–H and O–H groups in total. The number of aromatic carboxylic acids is 2. The molecular formula is C48H26O7. The summed E-state index contributed by atoms with van der Waals surface area (Å²) in [5.41, 5.74) is -0.414. The van der Waals surface area contributed by atoms with Crippen molar-refractivity contribution < 1.29 is 34.1 Å². The van der Waals surface area contributed by atoms with Crippen molar-refractivity contribution in [3.8, 4) is 23.7 Å². The fraction of sp³-hybridized carbons (Fsp3) is 0. The number of carboxylic acids is 2. The first kappa shape index (κ1) is 34.1. The van der Waals surface area contributed by atoms with E-state index >= 15 is 0 Å². The average molecular weight is 715 g/mol. The van der Waals surface area contributed by atoms with Crippen molar-refractivity contribution in [2.45, 2.75) is 0 Å². The minimum absolute atomic E-state index is 0.0276. The van der Waals surface area contributed by atoms with E-state index in [-0.39, 0.29) is 21.9 Å². The van der Waals surface area contributed by atoms with E-state index in [0.29, 0.717) is 32.7 Å². The topological polar surface area (TPSA) is 118 Å². The van der Waals surface area contributed by atoms with Gasteiger partial charge < -0.3 is 14.9 Å². The Morgan fingerprint density at radius 2 is 0.727 bits per heavy atom. The molecule has 7 nitrogen and oxygen atoms in total. The molecule has 8 aromatic rings. The molecule has 0 aliphatic rings. The van der Waals surface area contributed by atoms with Gasteiger partial charge in [0.15, 0.2) is 0 Å². The fourth-order valence-corrected chi connectivity index (χ4v) is 6.76. The van der Waals surface area contributed by atoms with Crippen molar-refractivity contribution in [1.82, 2.24) is 0 Å². The van der Waals surface area contributed by atoms with Crippen molar-refractivity contribution in [2.24, 2.45) is 0 Å². The first-order chi connectivity index (χ1) is 26.7. The molecule has 0 aliphatic heterocycles. The first-order valence-corrected chi connectivity index (χ1v) is 17.1. The third kappa shape index (κ3) is 6.62. The van der Waals surface area contributed by atoms with E-state index in [0.717, 1.165) is 10.8 Å². The second-order valence-electron chi connectivity index (χ2n) is 12.7. The van der Waals surface area contributed by atoms with Crippen LogP contribution in [0, 0.1) is 23.7 Å². The Morgan fingerprint density at radius 3 is 1.09 bits per heavy atom. The smallest absolute Gasteiger partial charge is 0.347 e. The largest absolute Gasteiger partial charge is 0.478 e. The summed E-state index contributed by atoms with van der Waals surface area (Å²) in [5.74, 6) is 6.27. The zero-order chi connectivity index (χ0) is 38.1. The van der Waals surface area contributed by atoms with Crippen LogP contribution in [-0.2, 0) is 4.74 Å². The predicted molar refractivity (Wildman–Crippen MR) is 211 cm³/mol. The van der Waals surface area contributed by atoms with E-state index in [2.05, 4.69) is 23.7 Å². The predicted octanol–water partition coefficient (Wildman–Crippen LogP) is 9.49. The minimum atomic E-state index is -1.46. The molecule has 55 heavy (non-hydrogen) atoms. The van der Waals surface area contributed by atoms with E-state index in [9.17, 15) is 29.4 Å². The maximum atomic E-state index is 14.4. The van der Waals surface area contributed by atoms with E-state index in [1.165, 1.54) is 0 Å². The van der Waals surface area contributed by atoms with Gasteiger partial charge in [-0.05, 0) is 104 Å². The van der Waals surface area contributed by atoms with Crippen LogP contribution in [-0.4, -0.2) is 34.1 Å². The highest BCUT2D eigenvalue weighted by molar-refractivity contribution is 6.22. The van der Waals surface area contributed by atoms with Crippen molar-refractivity contribution in [3.63, 3.8) is 0 Å². The minimum Gasteiger partial charge on any atom is -0.478 e. The molecule has 0 spiro atoms. The van der Waals surface area contributed by atoms with Gasteiger partial charge in [0, 0.05) is 22.3 Å². The van der Waals surface area contributed by atoms with Gasteiger partial charge in [-0.3, -0.25) is 0 Å². The van der Waals surface area contributed by atoms with Crippen LogP contribution in [0.15, 0.2) is 146 Å². The molecule has 0 amide bonds. The van der Waals surface area contributed by atoms with Gasteiger partial charge in [-0.2, -0.15) is 0 Å². The molecule has 0 unspecified atom stereocenters. The molecule has 0 aliphatic carbocycles. The number of carbonyl (C=O) groups excluding carboxylic acids is 2. The molecule has 8 aromatic carbocycles. The third-order valence-corrected chi connectivity index (χ3v) is 9.26. The average Bonchev–Trinajstić information content (AvgIpc) is 3.20. The lowest BCUT2D eigenvalue weighted by Crippen LogP contribution is -2.20. The Bertz CT molecular complexity index is 2840. The van der Waals surface area contributed by atoms with Crippen LogP contribution >= 0.6 is 0 Å². The van der Waals surface area contributed by atoms with E-state index in [4.69, 9.17) is 4.74 Å². The quantitative estimate of drug-likeness (QED) is 0.0807. The van der Waals surface area contributed by atoms with Crippen LogP contribution in [0.3, 0.4) is 0 Å². The maximum Gasteiger partial charge on any atom is 0.347 e. The molecule has 0 atom stereocenters. The van der Waals surface area contributed by atoms with Gasteiger partial charge in [0.25, 0.3) is 0 Å². The number of rotatable bonds is 4. The second-order valence-corrected chi connectivity index (χ2v) is 12.7. The Kier molecular flexibility index (Phi) is 8.80. The molecule has 0 saturated carbocycles. The van der Waals surface area contributed by atoms with Crippen LogP contribution < -0.4 is 0 Å². The molecule has 0 bridgehead atoms. The van der Waals surface area contributed by atoms with E-state index in [1.54, 1.807) is 84.9 Å². The number of hydrogen-bond acceptors (Lipinski definition) is 5. The van der Waals surface area contributed by atoms with Gasteiger partial charge in [-0.25, -0.2) is 19.2 Å². The summed E-state index contributed by atoms with van der Waals surface area (Å²) in [6, 6.07) is 42.7. The summed E-state index contributed by atoms with van der Waals surface area (Å²) in [6.45, 7) is 0. The standard InChI is InChI=1S/C48H26O7/c49-45(50)41-35(21-19-29-11-3-1-4-12-29)25-37-23-31-15-7-9-17-33(31)27-39(37)43(41)47(53)55-48(54)44-40-28-34-18-10-8-16-32(34)24-38(40)26-36(42(44)46(51)52)22-20-30-13-5-2-6-14-30/h1-18,23-28H,(H,49,50)(H,51,52). The highest BCUT2D eigenvalue weighted by Gasteiger charge is 2.31. The van der Waals surface area contributed by atoms with Crippen LogP contribution in [0.5, 0.6) is 0 Å². The number of fused-ring (bicyclic) bond motifs is 4. The van der Waals surface area contributed by atoms with E-state index in [1.807, 2.05) is 60.7 Å². The van der Waals surface area contributed by atoms with Crippen LogP contribution in [0.1, 0.15) is 63.7 Å². The lowest BCUT2D eigenvalue weighted by Gasteiger charge is -2.15. The Hall–Kier alpha value is -8.00. The molecule has 8 rings (SSSR count). The normalized spacial score (nSPS) is 10.7. The summed E-state index contributed by atoms with van der Waals surface area (Å²) in [6.07, 6.45) is 0. The number of esters is 2. The molecular weight excluding hydrogens is 689 g/mol. The number of hydrogen-bond donors (Lipinski definition) is 2.